The summed E-state index contributed by atoms with van der Waals surface area (Å²) in [5.74, 6) is 2.48. The van der Waals surface area contributed by atoms with E-state index in [9.17, 15) is 0 Å². The first-order chi connectivity index (χ1) is 13.6. The summed E-state index contributed by atoms with van der Waals surface area (Å²) in [6, 6.07) is 14.0. The molecule has 0 fully saturated rings. The fourth-order valence-electron chi connectivity index (χ4n) is 2.75. The molecule has 0 saturated carbocycles. The molecule has 1 aliphatic rings. The second kappa shape index (κ2) is 9.65. The highest BCUT2D eigenvalue weighted by atomic mass is 16.7. The second-order valence-corrected chi connectivity index (χ2v) is 6.69. The Morgan fingerprint density at radius 2 is 1.57 bits per heavy atom. The summed E-state index contributed by atoms with van der Waals surface area (Å²) in [7, 11) is 0. The quantitative estimate of drug-likeness (QED) is 0.473. The minimum absolute atomic E-state index is 0.288. The van der Waals surface area contributed by atoms with Crippen LogP contribution < -0.4 is 14.2 Å². The Morgan fingerprint density at radius 1 is 0.929 bits per heavy atom. The molecule has 0 spiro atoms. The zero-order chi connectivity index (χ0) is 19.8. The van der Waals surface area contributed by atoms with E-state index in [1.54, 1.807) is 0 Å². The van der Waals surface area contributed by atoms with E-state index in [1.807, 2.05) is 60.7 Å². The Balaban J connectivity index is 1.49. The first-order valence-electron chi connectivity index (χ1n) is 9.48. The molecule has 0 radical (unpaired) electrons. The number of rotatable bonds is 9. The summed E-state index contributed by atoms with van der Waals surface area (Å²) in [5.41, 5.74) is 4.17. The van der Waals surface area contributed by atoms with Gasteiger partial charge in [0.15, 0.2) is 11.5 Å². The maximum absolute atomic E-state index is 5.60. The van der Waals surface area contributed by atoms with Gasteiger partial charge in [0.1, 0.15) is 5.75 Å². The standard InChI is InChI=1S/C25H26O3/c1-4-15-26-23-12-9-21(10-13-23)7-5-19(2)16-20(3)6-8-22-11-14-24-25(17-22)28-18-27-24/h5-14,17H,2-4,15-16,18H2,1H3/b7-5+,8-6+. The fraction of sp³-hybridized carbons (Fsp3) is 0.200. The summed E-state index contributed by atoms with van der Waals surface area (Å²) >= 11 is 0. The molecule has 0 aromatic heterocycles. The lowest BCUT2D eigenvalue weighted by Gasteiger charge is -2.04. The van der Waals surface area contributed by atoms with Gasteiger partial charge in [-0.3, -0.25) is 0 Å². The third-order valence-corrected chi connectivity index (χ3v) is 4.23. The summed E-state index contributed by atoms with van der Waals surface area (Å²) in [4.78, 5) is 0. The molecular formula is C25H26O3. The zero-order valence-corrected chi connectivity index (χ0v) is 16.3. The molecule has 3 heteroatoms. The molecule has 2 aromatic rings. The van der Waals surface area contributed by atoms with Gasteiger partial charge in [0.25, 0.3) is 0 Å². The molecule has 0 bridgehead atoms. The molecular weight excluding hydrogens is 348 g/mol. The third kappa shape index (κ3) is 5.65. The van der Waals surface area contributed by atoms with E-state index in [0.29, 0.717) is 0 Å². The van der Waals surface area contributed by atoms with Gasteiger partial charge in [0, 0.05) is 0 Å². The molecule has 0 N–H and O–H groups in total. The molecule has 28 heavy (non-hydrogen) atoms. The number of hydrogen-bond acceptors (Lipinski definition) is 3. The van der Waals surface area contributed by atoms with Crippen LogP contribution in [0.1, 0.15) is 30.9 Å². The predicted molar refractivity (Wildman–Crippen MR) is 116 cm³/mol. The lowest BCUT2D eigenvalue weighted by atomic mass is 10.0. The van der Waals surface area contributed by atoms with Gasteiger partial charge >= 0.3 is 0 Å². The first-order valence-corrected chi connectivity index (χ1v) is 9.48. The van der Waals surface area contributed by atoms with Gasteiger partial charge in [0.2, 0.25) is 6.79 Å². The van der Waals surface area contributed by atoms with E-state index in [1.165, 1.54) is 0 Å². The van der Waals surface area contributed by atoms with Gasteiger partial charge in [-0.15, -0.1) is 0 Å². The molecule has 1 heterocycles. The molecule has 3 nitrogen and oxygen atoms in total. The molecule has 0 aliphatic carbocycles. The highest BCUT2D eigenvalue weighted by molar-refractivity contribution is 5.59. The average molecular weight is 374 g/mol. The number of allylic oxidation sites excluding steroid dienone is 4. The molecule has 0 unspecified atom stereocenters. The minimum atomic E-state index is 0.288. The number of benzene rings is 2. The molecule has 1 aliphatic heterocycles. The Hall–Kier alpha value is -3.20. The lowest BCUT2D eigenvalue weighted by molar-refractivity contribution is 0.174. The maximum Gasteiger partial charge on any atom is 0.231 e. The predicted octanol–water partition coefficient (Wildman–Crippen LogP) is 6.43. The summed E-state index contributed by atoms with van der Waals surface area (Å²) < 4.78 is 16.3. The van der Waals surface area contributed by atoms with Crippen molar-refractivity contribution < 1.29 is 14.2 Å². The summed E-state index contributed by atoms with van der Waals surface area (Å²) in [5, 5.41) is 0. The largest absolute Gasteiger partial charge is 0.494 e. The SMILES string of the molecule is C=C(/C=C/c1ccc(OCCC)cc1)CC(=C)/C=C/c1ccc2c(c1)OCO2. The van der Waals surface area contributed by atoms with Crippen molar-refractivity contribution >= 4 is 12.2 Å². The van der Waals surface area contributed by atoms with Gasteiger partial charge in [-0.2, -0.15) is 0 Å². The van der Waals surface area contributed by atoms with Crippen LogP contribution in [0.25, 0.3) is 12.2 Å². The van der Waals surface area contributed by atoms with Crippen molar-refractivity contribution in [2.45, 2.75) is 19.8 Å². The van der Waals surface area contributed by atoms with Crippen molar-refractivity contribution in [3.63, 3.8) is 0 Å². The summed E-state index contributed by atoms with van der Waals surface area (Å²) in [6.45, 7) is 11.4. The Kier molecular flexibility index (Phi) is 6.74. The zero-order valence-electron chi connectivity index (χ0n) is 16.3. The molecule has 0 amide bonds. The Morgan fingerprint density at radius 3 is 2.29 bits per heavy atom. The number of hydrogen-bond donors (Lipinski definition) is 0. The van der Waals surface area contributed by atoms with Crippen LogP contribution in [-0.4, -0.2) is 13.4 Å². The van der Waals surface area contributed by atoms with E-state index in [0.717, 1.165) is 59.0 Å². The monoisotopic (exact) mass is 374 g/mol. The van der Waals surface area contributed by atoms with Crippen LogP contribution in [0, 0.1) is 0 Å². The van der Waals surface area contributed by atoms with Crippen LogP contribution in [0.5, 0.6) is 17.2 Å². The highest BCUT2D eigenvalue weighted by Gasteiger charge is 2.12. The van der Waals surface area contributed by atoms with Crippen molar-refractivity contribution in [2.24, 2.45) is 0 Å². The Labute approximate surface area is 167 Å². The Bertz CT molecular complexity index is 889. The molecule has 3 rings (SSSR count). The third-order valence-electron chi connectivity index (χ3n) is 4.23. The van der Waals surface area contributed by atoms with Gasteiger partial charge in [-0.1, -0.05) is 73.7 Å². The molecule has 0 saturated heterocycles. The smallest absolute Gasteiger partial charge is 0.231 e. The number of fused-ring (bicyclic) bond motifs is 1. The van der Waals surface area contributed by atoms with E-state index in [4.69, 9.17) is 14.2 Å². The van der Waals surface area contributed by atoms with Crippen LogP contribution >= 0.6 is 0 Å². The molecule has 2 aromatic carbocycles. The maximum atomic E-state index is 5.60. The summed E-state index contributed by atoms with van der Waals surface area (Å²) in [6.07, 6.45) is 9.85. The van der Waals surface area contributed by atoms with Crippen LogP contribution in [0.4, 0.5) is 0 Å². The normalized spacial score (nSPS) is 12.6. The van der Waals surface area contributed by atoms with Gasteiger partial charge in [-0.25, -0.2) is 0 Å². The fourth-order valence-corrected chi connectivity index (χ4v) is 2.75. The van der Waals surface area contributed by atoms with Gasteiger partial charge < -0.3 is 14.2 Å². The van der Waals surface area contributed by atoms with Crippen molar-refractivity contribution in [1.29, 1.82) is 0 Å². The van der Waals surface area contributed by atoms with E-state index < -0.39 is 0 Å². The van der Waals surface area contributed by atoms with Crippen molar-refractivity contribution in [2.75, 3.05) is 13.4 Å². The topological polar surface area (TPSA) is 27.7 Å². The lowest BCUT2D eigenvalue weighted by Crippen LogP contribution is -1.94. The number of ether oxygens (including phenoxy) is 3. The van der Waals surface area contributed by atoms with Crippen molar-refractivity contribution in [3.05, 3.63) is 90.0 Å². The van der Waals surface area contributed by atoms with E-state index in [-0.39, 0.29) is 6.79 Å². The van der Waals surface area contributed by atoms with Crippen LogP contribution in [0.3, 0.4) is 0 Å². The van der Waals surface area contributed by atoms with Crippen LogP contribution in [-0.2, 0) is 0 Å². The van der Waals surface area contributed by atoms with Gasteiger partial charge in [-0.05, 0) is 48.2 Å². The average Bonchev–Trinajstić information content (AvgIpc) is 3.18. The van der Waals surface area contributed by atoms with Crippen molar-refractivity contribution in [3.8, 4) is 17.2 Å². The van der Waals surface area contributed by atoms with Crippen LogP contribution in [0.2, 0.25) is 0 Å². The van der Waals surface area contributed by atoms with Crippen molar-refractivity contribution in [1.82, 2.24) is 0 Å². The first kappa shape index (κ1) is 19.6. The molecule has 0 atom stereocenters. The molecule has 144 valence electrons. The van der Waals surface area contributed by atoms with E-state index >= 15 is 0 Å². The van der Waals surface area contributed by atoms with E-state index in [2.05, 4.69) is 26.2 Å². The van der Waals surface area contributed by atoms with Gasteiger partial charge in [0.05, 0.1) is 6.61 Å². The highest BCUT2D eigenvalue weighted by Crippen LogP contribution is 2.33. The van der Waals surface area contributed by atoms with Crippen LogP contribution in [0.15, 0.2) is 78.9 Å². The minimum Gasteiger partial charge on any atom is -0.494 e. The second-order valence-electron chi connectivity index (χ2n) is 6.69.